The van der Waals surface area contributed by atoms with Gasteiger partial charge in [0.1, 0.15) is 5.76 Å². The Labute approximate surface area is 155 Å². The highest BCUT2D eigenvalue weighted by molar-refractivity contribution is 6.08. The van der Waals surface area contributed by atoms with Crippen molar-refractivity contribution in [3.05, 3.63) is 47.7 Å². The third-order valence-electron chi connectivity index (χ3n) is 4.61. The van der Waals surface area contributed by atoms with Crippen molar-refractivity contribution in [1.82, 2.24) is 24.3 Å². The van der Waals surface area contributed by atoms with Crippen molar-refractivity contribution in [2.24, 2.45) is 0 Å². The molecule has 0 saturated carbocycles. The summed E-state index contributed by atoms with van der Waals surface area (Å²) in [7, 11) is 2.03. The van der Waals surface area contributed by atoms with E-state index < -0.39 is 5.91 Å². The van der Waals surface area contributed by atoms with Crippen LogP contribution in [-0.4, -0.2) is 69.4 Å². The lowest BCUT2D eigenvalue weighted by Gasteiger charge is -2.31. The first kappa shape index (κ1) is 17.2. The zero-order valence-electron chi connectivity index (χ0n) is 15.2. The van der Waals surface area contributed by atoms with E-state index in [1.54, 1.807) is 46.7 Å². The van der Waals surface area contributed by atoms with Gasteiger partial charge in [0.2, 0.25) is 5.82 Å². The van der Waals surface area contributed by atoms with Gasteiger partial charge in [-0.1, -0.05) is 11.2 Å². The van der Waals surface area contributed by atoms with Crippen LogP contribution in [0.4, 0.5) is 5.82 Å². The number of aromatic nitrogens is 3. The quantitative estimate of drug-likeness (QED) is 0.748. The van der Waals surface area contributed by atoms with E-state index in [1.807, 2.05) is 7.05 Å². The molecule has 0 radical (unpaired) electrons. The number of nitrogens with zero attached hydrogens (tertiary/aromatic N) is 5. The third kappa shape index (κ3) is 3.28. The van der Waals surface area contributed by atoms with E-state index in [4.69, 9.17) is 4.52 Å². The number of rotatable bonds is 3. The van der Waals surface area contributed by atoms with E-state index in [0.717, 1.165) is 13.1 Å². The lowest BCUT2D eigenvalue weighted by molar-refractivity contribution is 0.0651. The van der Waals surface area contributed by atoms with Crippen LogP contribution in [0.25, 0.3) is 5.52 Å². The number of pyridine rings is 1. The number of fused-ring (bicyclic) bond motifs is 1. The van der Waals surface area contributed by atoms with Crippen molar-refractivity contribution >= 4 is 23.1 Å². The van der Waals surface area contributed by atoms with Crippen molar-refractivity contribution in [1.29, 1.82) is 0 Å². The normalized spacial score (nSPS) is 15.3. The summed E-state index contributed by atoms with van der Waals surface area (Å²) in [5.41, 5.74) is 0.737. The molecule has 27 heavy (non-hydrogen) atoms. The van der Waals surface area contributed by atoms with E-state index in [2.05, 4.69) is 20.4 Å². The molecule has 140 valence electrons. The van der Waals surface area contributed by atoms with Crippen molar-refractivity contribution in [2.45, 2.75) is 6.92 Å². The number of anilines is 1. The molecule has 9 heteroatoms. The standard InChI is InChI=1S/C18H20N6O3/c1-12-11-14(21-27-12)19-17(25)15-13-5-3-4-6-24(13)16(20-15)18(26)23-9-7-22(2)8-10-23/h3-6,11H,7-10H2,1-2H3,(H,19,21,25). The zero-order chi connectivity index (χ0) is 19.0. The number of likely N-dealkylation sites (N-methyl/N-ethyl adjacent to an activating group) is 1. The minimum atomic E-state index is -0.440. The lowest BCUT2D eigenvalue weighted by atomic mass is 10.3. The number of amides is 2. The molecule has 4 heterocycles. The predicted octanol–water partition coefficient (Wildman–Crippen LogP) is 1.27. The highest BCUT2D eigenvalue weighted by Crippen LogP contribution is 2.17. The number of aryl methyl sites for hydroxylation is 1. The van der Waals surface area contributed by atoms with Gasteiger partial charge in [0.25, 0.3) is 11.8 Å². The molecular formula is C18H20N6O3. The average molecular weight is 368 g/mol. The Morgan fingerprint density at radius 2 is 1.96 bits per heavy atom. The molecule has 0 unspecified atom stereocenters. The van der Waals surface area contributed by atoms with Gasteiger partial charge >= 0.3 is 0 Å². The number of hydrogen-bond acceptors (Lipinski definition) is 6. The molecule has 3 aromatic heterocycles. The van der Waals surface area contributed by atoms with Gasteiger partial charge in [-0.15, -0.1) is 0 Å². The Hall–Kier alpha value is -3.20. The molecule has 9 nitrogen and oxygen atoms in total. The summed E-state index contributed by atoms with van der Waals surface area (Å²) in [6, 6.07) is 6.99. The van der Waals surface area contributed by atoms with Crippen LogP contribution in [0.3, 0.4) is 0 Å². The zero-order valence-corrected chi connectivity index (χ0v) is 15.2. The van der Waals surface area contributed by atoms with E-state index in [-0.39, 0.29) is 17.4 Å². The van der Waals surface area contributed by atoms with Gasteiger partial charge in [0, 0.05) is 38.4 Å². The molecule has 2 amide bonds. The summed E-state index contributed by atoms with van der Waals surface area (Å²) in [5, 5.41) is 6.42. The van der Waals surface area contributed by atoms with Crippen LogP contribution in [0, 0.1) is 6.92 Å². The van der Waals surface area contributed by atoms with Crippen LogP contribution in [0.5, 0.6) is 0 Å². The summed E-state index contributed by atoms with van der Waals surface area (Å²) >= 11 is 0. The van der Waals surface area contributed by atoms with Crippen molar-refractivity contribution in [3.63, 3.8) is 0 Å². The molecule has 1 aliphatic heterocycles. The Morgan fingerprint density at radius 3 is 2.67 bits per heavy atom. The van der Waals surface area contributed by atoms with Gasteiger partial charge in [-0.25, -0.2) is 4.98 Å². The number of carbonyl (C=O) groups is 2. The number of piperazine rings is 1. The van der Waals surface area contributed by atoms with Gasteiger partial charge < -0.3 is 19.6 Å². The maximum absolute atomic E-state index is 13.0. The maximum Gasteiger partial charge on any atom is 0.290 e. The predicted molar refractivity (Wildman–Crippen MR) is 97.8 cm³/mol. The Bertz CT molecular complexity index is 1000. The van der Waals surface area contributed by atoms with E-state index >= 15 is 0 Å². The molecule has 0 bridgehead atoms. The monoisotopic (exact) mass is 368 g/mol. The topological polar surface area (TPSA) is 96.0 Å². The molecule has 0 atom stereocenters. The molecule has 0 aromatic carbocycles. The van der Waals surface area contributed by atoms with Crippen LogP contribution in [0.2, 0.25) is 0 Å². The second-order valence-corrected chi connectivity index (χ2v) is 6.61. The van der Waals surface area contributed by atoms with Gasteiger partial charge in [0.05, 0.1) is 5.52 Å². The number of hydrogen-bond donors (Lipinski definition) is 1. The minimum Gasteiger partial charge on any atom is -0.360 e. The van der Waals surface area contributed by atoms with Crippen LogP contribution < -0.4 is 5.32 Å². The second kappa shape index (κ2) is 6.84. The van der Waals surface area contributed by atoms with E-state index in [9.17, 15) is 9.59 Å². The van der Waals surface area contributed by atoms with Crippen molar-refractivity contribution < 1.29 is 14.1 Å². The third-order valence-corrected chi connectivity index (χ3v) is 4.61. The first-order valence-corrected chi connectivity index (χ1v) is 8.72. The molecule has 1 saturated heterocycles. The highest BCUT2D eigenvalue weighted by Gasteiger charge is 2.27. The molecule has 1 fully saturated rings. The average Bonchev–Trinajstić information content (AvgIpc) is 3.25. The number of imidazole rings is 1. The molecule has 1 N–H and O–H groups in total. The SMILES string of the molecule is Cc1cc(NC(=O)c2nc(C(=O)N3CCN(C)CC3)n3ccccc23)no1. The smallest absolute Gasteiger partial charge is 0.290 e. The van der Waals surface area contributed by atoms with Crippen LogP contribution in [0.15, 0.2) is 35.0 Å². The minimum absolute atomic E-state index is 0.175. The van der Waals surface area contributed by atoms with Gasteiger partial charge in [-0.05, 0) is 26.1 Å². The fraction of sp³-hybridized carbons (Fsp3) is 0.333. The summed E-state index contributed by atoms with van der Waals surface area (Å²) in [6.45, 7) is 4.64. The maximum atomic E-state index is 13.0. The first-order chi connectivity index (χ1) is 13.0. The summed E-state index contributed by atoms with van der Waals surface area (Å²) in [4.78, 5) is 34.0. The van der Waals surface area contributed by atoms with Crippen LogP contribution >= 0.6 is 0 Å². The van der Waals surface area contributed by atoms with Crippen molar-refractivity contribution in [2.75, 3.05) is 38.5 Å². The summed E-state index contributed by atoms with van der Waals surface area (Å²) < 4.78 is 6.62. The van der Waals surface area contributed by atoms with Crippen molar-refractivity contribution in [3.8, 4) is 0 Å². The largest absolute Gasteiger partial charge is 0.360 e. The summed E-state index contributed by atoms with van der Waals surface area (Å²) in [5.74, 6) is 0.508. The fourth-order valence-electron chi connectivity index (χ4n) is 3.11. The van der Waals surface area contributed by atoms with Crippen LogP contribution in [0.1, 0.15) is 26.9 Å². The molecule has 1 aliphatic rings. The van der Waals surface area contributed by atoms with E-state index in [1.165, 1.54) is 0 Å². The molecule has 4 rings (SSSR count). The molecule has 0 aliphatic carbocycles. The Kier molecular flexibility index (Phi) is 4.36. The summed E-state index contributed by atoms with van der Waals surface area (Å²) in [6.07, 6.45) is 1.74. The van der Waals surface area contributed by atoms with Gasteiger partial charge in [0.15, 0.2) is 11.5 Å². The highest BCUT2D eigenvalue weighted by atomic mass is 16.5. The van der Waals surface area contributed by atoms with Crippen LogP contribution in [-0.2, 0) is 0 Å². The Balaban J connectivity index is 1.66. The molecular weight excluding hydrogens is 348 g/mol. The van der Waals surface area contributed by atoms with Gasteiger partial charge in [-0.2, -0.15) is 0 Å². The second-order valence-electron chi connectivity index (χ2n) is 6.61. The van der Waals surface area contributed by atoms with Gasteiger partial charge in [-0.3, -0.25) is 14.0 Å². The number of carbonyl (C=O) groups excluding carboxylic acids is 2. The molecule has 3 aromatic rings. The van der Waals surface area contributed by atoms with E-state index in [0.29, 0.717) is 30.2 Å². The lowest BCUT2D eigenvalue weighted by Crippen LogP contribution is -2.47. The first-order valence-electron chi connectivity index (χ1n) is 8.72. The fourth-order valence-corrected chi connectivity index (χ4v) is 3.11. The Morgan fingerprint density at radius 1 is 1.19 bits per heavy atom. The molecule has 0 spiro atoms. The number of nitrogens with one attached hydrogen (secondary N) is 1.